The van der Waals surface area contributed by atoms with Crippen molar-refractivity contribution in [3.8, 4) is 0 Å². The molecule has 0 aromatic heterocycles. The SMILES string of the molecule is Cc1ccc(C(C)(C)C(=O)NCc2ccc(F)cc2C(F)(F)F)cc1. The Morgan fingerprint density at radius 2 is 1.64 bits per heavy atom. The first kappa shape index (κ1) is 19.0. The van der Waals surface area contributed by atoms with Gasteiger partial charge in [-0.15, -0.1) is 0 Å². The number of hydrogen-bond acceptors (Lipinski definition) is 1. The van der Waals surface area contributed by atoms with Crippen molar-refractivity contribution in [2.45, 2.75) is 38.9 Å². The van der Waals surface area contributed by atoms with Crippen molar-refractivity contribution in [3.05, 3.63) is 70.5 Å². The Morgan fingerprint density at radius 1 is 1.04 bits per heavy atom. The molecular weight excluding hydrogens is 334 g/mol. The predicted octanol–water partition coefficient (Wildman–Crippen LogP) is 4.75. The zero-order valence-corrected chi connectivity index (χ0v) is 14.2. The Kier molecular flexibility index (Phi) is 5.20. The minimum absolute atomic E-state index is 0.179. The average molecular weight is 353 g/mol. The van der Waals surface area contributed by atoms with Crippen LogP contribution in [0, 0.1) is 12.7 Å². The summed E-state index contributed by atoms with van der Waals surface area (Å²) in [5.41, 5.74) is -0.374. The van der Waals surface area contributed by atoms with Crippen molar-refractivity contribution in [2.75, 3.05) is 0 Å². The van der Waals surface area contributed by atoms with E-state index in [0.29, 0.717) is 6.07 Å². The van der Waals surface area contributed by atoms with Gasteiger partial charge in [-0.25, -0.2) is 4.39 Å². The molecule has 0 saturated heterocycles. The van der Waals surface area contributed by atoms with Gasteiger partial charge in [0.25, 0.3) is 0 Å². The topological polar surface area (TPSA) is 29.1 Å². The summed E-state index contributed by atoms with van der Waals surface area (Å²) in [4.78, 5) is 12.5. The summed E-state index contributed by atoms with van der Waals surface area (Å²) in [6.45, 7) is 4.98. The van der Waals surface area contributed by atoms with Crippen LogP contribution < -0.4 is 5.32 Å². The van der Waals surface area contributed by atoms with E-state index in [1.807, 2.05) is 31.2 Å². The zero-order chi connectivity index (χ0) is 18.8. The largest absolute Gasteiger partial charge is 0.416 e. The fraction of sp³-hybridized carbons (Fsp3) is 0.316. The fourth-order valence-corrected chi connectivity index (χ4v) is 2.46. The Morgan fingerprint density at radius 3 is 2.20 bits per heavy atom. The number of rotatable bonds is 4. The molecule has 0 aliphatic carbocycles. The molecule has 0 aliphatic heterocycles. The molecule has 2 aromatic carbocycles. The van der Waals surface area contributed by atoms with E-state index in [1.165, 1.54) is 0 Å². The molecule has 0 spiro atoms. The predicted molar refractivity (Wildman–Crippen MR) is 87.5 cm³/mol. The van der Waals surface area contributed by atoms with Crippen LogP contribution >= 0.6 is 0 Å². The van der Waals surface area contributed by atoms with Crippen molar-refractivity contribution >= 4 is 5.91 Å². The van der Waals surface area contributed by atoms with E-state index in [2.05, 4.69) is 5.32 Å². The maximum absolute atomic E-state index is 13.1. The third-order valence-electron chi connectivity index (χ3n) is 4.16. The normalized spacial score (nSPS) is 12.1. The second-order valence-electron chi connectivity index (χ2n) is 6.47. The van der Waals surface area contributed by atoms with Crippen molar-refractivity contribution < 1.29 is 22.4 Å². The molecule has 0 fully saturated rings. The molecule has 0 heterocycles. The van der Waals surface area contributed by atoms with Crippen LogP contribution in [0.2, 0.25) is 0 Å². The fourth-order valence-electron chi connectivity index (χ4n) is 2.46. The standard InChI is InChI=1S/C19H19F4NO/c1-12-4-7-14(8-5-12)18(2,3)17(25)24-11-13-6-9-15(20)10-16(13)19(21,22)23/h4-10H,11H2,1-3H3,(H,24,25). The lowest BCUT2D eigenvalue weighted by Gasteiger charge is -2.25. The lowest BCUT2D eigenvalue weighted by atomic mass is 9.83. The van der Waals surface area contributed by atoms with Crippen molar-refractivity contribution in [1.29, 1.82) is 0 Å². The number of halogens is 4. The van der Waals surface area contributed by atoms with Crippen LogP contribution in [0.15, 0.2) is 42.5 Å². The number of carbonyl (C=O) groups is 1. The van der Waals surface area contributed by atoms with Gasteiger partial charge in [-0.2, -0.15) is 13.2 Å². The van der Waals surface area contributed by atoms with Gasteiger partial charge in [-0.1, -0.05) is 35.9 Å². The maximum Gasteiger partial charge on any atom is 0.416 e. The number of alkyl halides is 3. The lowest BCUT2D eigenvalue weighted by Crippen LogP contribution is -2.40. The average Bonchev–Trinajstić information content (AvgIpc) is 2.52. The van der Waals surface area contributed by atoms with Gasteiger partial charge in [0.2, 0.25) is 5.91 Å². The summed E-state index contributed by atoms with van der Waals surface area (Å²) in [6, 6.07) is 9.78. The van der Waals surface area contributed by atoms with E-state index in [1.54, 1.807) is 13.8 Å². The summed E-state index contributed by atoms with van der Waals surface area (Å²) in [7, 11) is 0. The van der Waals surface area contributed by atoms with Crippen LogP contribution in [-0.2, 0) is 22.9 Å². The Balaban J connectivity index is 2.18. The van der Waals surface area contributed by atoms with E-state index >= 15 is 0 Å². The van der Waals surface area contributed by atoms with Gasteiger partial charge in [0.1, 0.15) is 5.82 Å². The van der Waals surface area contributed by atoms with Crippen LogP contribution in [0.3, 0.4) is 0 Å². The molecule has 1 amide bonds. The number of amides is 1. The molecule has 6 heteroatoms. The van der Waals surface area contributed by atoms with Crippen LogP contribution in [0.25, 0.3) is 0 Å². The molecule has 1 N–H and O–H groups in total. The lowest BCUT2D eigenvalue weighted by molar-refractivity contribution is -0.138. The van der Waals surface area contributed by atoms with Crippen molar-refractivity contribution in [3.63, 3.8) is 0 Å². The minimum Gasteiger partial charge on any atom is -0.351 e. The molecule has 2 aromatic rings. The van der Waals surface area contributed by atoms with Crippen LogP contribution in [0.5, 0.6) is 0 Å². The van der Waals surface area contributed by atoms with Crippen molar-refractivity contribution in [1.82, 2.24) is 5.32 Å². The van der Waals surface area contributed by atoms with Crippen LogP contribution in [0.4, 0.5) is 17.6 Å². The van der Waals surface area contributed by atoms with E-state index in [-0.39, 0.29) is 12.1 Å². The van der Waals surface area contributed by atoms with Crippen molar-refractivity contribution in [2.24, 2.45) is 0 Å². The first-order chi connectivity index (χ1) is 11.5. The highest BCUT2D eigenvalue weighted by Gasteiger charge is 2.34. The Bertz CT molecular complexity index is 764. The molecule has 0 bridgehead atoms. The number of aryl methyl sites for hydroxylation is 1. The molecular formula is C19H19F4NO. The first-order valence-corrected chi connectivity index (χ1v) is 7.73. The van der Waals surface area contributed by atoms with Gasteiger partial charge in [0.05, 0.1) is 11.0 Å². The number of nitrogens with one attached hydrogen (secondary N) is 1. The number of hydrogen-bond donors (Lipinski definition) is 1. The quantitative estimate of drug-likeness (QED) is 0.790. The summed E-state index contributed by atoms with van der Waals surface area (Å²) in [5.74, 6) is -1.38. The second-order valence-corrected chi connectivity index (χ2v) is 6.47. The highest BCUT2D eigenvalue weighted by molar-refractivity contribution is 5.87. The summed E-state index contributed by atoms with van der Waals surface area (Å²) >= 11 is 0. The molecule has 0 radical (unpaired) electrons. The zero-order valence-electron chi connectivity index (χ0n) is 14.2. The smallest absolute Gasteiger partial charge is 0.351 e. The van der Waals surface area contributed by atoms with E-state index in [4.69, 9.17) is 0 Å². The van der Waals surface area contributed by atoms with Crippen LogP contribution in [-0.4, -0.2) is 5.91 Å². The van der Waals surface area contributed by atoms with E-state index in [9.17, 15) is 22.4 Å². The van der Waals surface area contributed by atoms with Crippen LogP contribution in [0.1, 0.15) is 36.1 Å². The van der Waals surface area contributed by atoms with Gasteiger partial charge < -0.3 is 5.32 Å². The third-order valence-corrected chi connectivity index (χ3v) is 4.16. The number of benzene rings is 2. The second kappa shape index (κ2) is 6.86. The monoisotopic (exact) mass is 353 g/mol. The molecule has 25 heavy (non-hydrogen) atoms. The van der Waals surface area contributed by atoms with Gasteiger partial charge >= 0.3 is 6.18 Å². The minimum atomic E-state index is -4.69. The van der Waals surface area contributed by atoms with Gasteiger partial charge in [-0.05, 0) is 44.0 Å². The molecule has 2 rings (SSSR count). The number of carbonyl (C=O) groups excluding carboxylic acids is 1. The summed E-state index contributed by atoms with van der Waals surface area (Å²) in [6.07, 6.45) is -4.69. The first-order valence-electron chi connectivity index (χ1n) is 7.73. The molecule has 0 unspecified atom stereocenters. The molecule has 0 aliphatic rings. The van der Waals surface area contributed by atoms with Gasteiger partial charge in [0.15, 0.2) is 0 Å². The van der Waals surface area contributed by atoms with Gasteiger partial charge in [0, 0.05) is 6.54 Å². The Hall–Kier alpha value is -2.37. The molecule has 134 valence electrons. The molecule has 2 nitrogen and oxygen atoms in total. The summed E-state index contributed by atoms with van der Waals surface area (Å²) in [5, 5.41) is 2.52. The molecule has 0 atom stereocenters. The highest BCUT2D eigenvalue weighted by Crippen LogP contribution is 2.32. The van der Waals surface area contributed by atoms with Gasteiger partial charge in [-0.3, -0.25) is 4.79 Å². The Labute approximate surface area is 143 Å². The maximum atomic E-state index is 13.1. The highest BCUT2D eigenvalue weighted by atomic mass is 19.4. The van der Waals surface area contributed by atoms with E-state index in [0.717, 1.165) is 23.3 Å². The summed E-state index contributed by atoms with van der Waals surface area (Å²) < 4.78 is 52.2. The molecule has 0 saturated carbocycles. The third kappa shape index (κ3) is 4.38. The van der Waals surface area contributed by atoms with E-state index < -0.39 is 28.9 Å².